The van der Waals surface area contributed by atoms with E-state index in [0.29, 0.717) is 11.1 Å². The van der Waals surface area contributed by atoms with Crippen molar-refractivity contribution >= 4 is 17.5 Å². The van der Waals surface area contributed by atoms with Gasteiger partial charge in [0.15, 0.2) is 0 Å². The minimum Gasteiger partial charge on any atom is -0.368 e. The molecule has 0 spiro atoms. The van der Waals surface area contributed by atoms with Crippen molar-refractivity contribution in [3.63, 3.8) is 0 Å². The van der Waals surface area contributed by atoms with E-state index in [2.05, 4.69) is 23.8 Å². The summed E-state index contributed by atoms with van der Waals surface area (Å²) in [5, 5.41) is 0.546. The Morgan fingerprint density at radius 1 is 0.895 bits per heavy atom. The molecule has 0 bridgehead atoms. The predicted octanol–water partition coefficient (Wildman–Crippen LogP) is 4.57. The number of aryl methyl sites for hydroxylation is 1. The Bertz CT molecular complexity index is 380. The molecule has 108 valence electrons. The molecule has 0 aliphatic carbocycles. The van der Waals surface area contributed by atoms with Crippen LogP contribution in [-0.2, 0) is 12.8 Å². The minimum absolute atomic E-state index is 0.292. The van der Waals surface area contributed by atoms with Crippen LogP contribution in [0, 0.1) is 0 Å². The second kappa shape index (κ2) is 9.13. The first kappa shape index (κ1) is 16.2. The van der Waals surface area contributed by atoms with E-state index in [4.69, 9.17) is 17.3 Å². The molecule has 1 aromatic rings. The van der Waals surface area contributed by atoms with Crippen molar-refractivity contribution in [3.8, 4) is 0 Å². The second-order valence-electron chi connectivity index (χ2n) is 5.07. The normalized spacial score (nSPS) is 10.9. The fourth-order valence-corrected chi connectivity index (χ4v) is 2.58. The zero-order chi connectivity index (χ0) is 14.1. The van der Waals surface area contributed by atoms with Crippen LogP contribution in [0.25, 0.3) is 0 Å². The summed E-state index contributed by atoms with van der Waals surface area (Å²) in [6.45, 7) is 4.38. The molecule has 2 N–H and O–H groups in total. The lowest BCUT2D eigenvalue weighted by Crippen LogP contribution is -2.06. The Kier molecular flexibility index (Phi) is 7.80. The Morgan fingerprint density at radius 2 is 1.58 bits per heavy atom. The van der Waals surface area contributed by atoms with E-state index in [1.54, 1.807) is 0 Å². The maximum atomic E-state index is 6.20. The van der Waals surface area contributed by atoms with Crippen LogP contribution < -0.4 is 5.73 Å². The number of halogens is 1. The Labute approximate surface area is 122 Å². The molecule has 0 atom stereocenters. The number of nitrogens with zero attached hydrogens (tertiary/aromatic N) is 2. The summed E-state index contributed by atoms with van der Waals surface area (Å²) in [5.74, 6) is 0.292. The number of aromatic nitrogens is 2. The van der Waals surface area contributed by atoms with Gasteiger partial charge >= 0.3 is 0 Å². The summed E-state index contributed by atoms with van der Waals surface area (Å²) < 4.78 is 0. The van der Waals surface area contributed by atoms with Gasteiger partial charge in [0.05, 0.1) is 5.69 Å². The van der Waals surface area contributed by atoms with E-state index in [1.165, 1.54) is 32.1 Å². The molecular weight excluding hydrogens is 258 g/mol. The van der Waals surface area contributed by atoms with E-state index >= 15 is 0 Å². The van der Waals surface area contributed by atoms with Crippen molar-refractivity contribution in [1.29, 1.82) is 0 Å². The molecule has 0 aliphatic heterocycles. The van der Waals surface area contributed by atoms with Crippen molar-refractivity contribution in [2.45, 2.75) is 71.6 Å². The first-order valence-corrected chi connectivity index (χ1v) is 7.87. The zero-order valence-corrected chi connectivity index (χ0v) is 13.0. The van der Waals surface area contributed by atoms with E-state index in [9.17, 15) is 0 Å². The van der Waals surface area contributed by atoms with Gasteiger partial charge < -0.3 is 5.73 Å². The van der Waals surface area contributed by atoms with E-state index in [1.807, 2.05) is 0 Å². The predicted molar refractivity (Wildman–Crippen MR) is 82.5 cm³/mol. The number of rotatable bonds is 9. The van der Waals surface area contributed by atoms with Gasteiger partial charge in [0.2, 0.25) is 5.95 Å². The van der Waals surface area contributed by atoms with Gasteiger partial charge in [0, 0.05) is 5.56 Å². The average Bonchev–Trinajstić information content (AvgIpc) is 2.36. The molecule has 0 amide bonds. The zero-order valence-electron chi connectivity index (χ0n) is 12.2. The highest BCUT2D eigenvalue weighted by Crippen LogP contribution is 2.22. The molecule has 1 rings (SSSR count). The standard InChI is InChI=1S/C15H26ClN3/c1-3-5-6-7-8-9-11-12-13(10-4-2)18-15(17)19-14(12)16/h3-11H2,1-2H3,(H2,17,18,19). The number of nitrogens with two attached hydrogens (primary N) is 1. The van der Waals surface area contributed by atoms with Crippen LogP contribution >= 0.6 is 11.6 Å². The molecule has 0 fully saturated rings. The quantitative estimate of drug-likeness (QED) is 0.533. The van der Waals surface area contributed by atoms with Crippen LogP contribution in [0.15, 0.2) is 0 Å². The minimum atomic E-state index is 0.292. The van der Waals surface area contributed by atoms with Crippen molar-refractivity contribution < 1.29 is 0 Å². The molecule has 0 saturated carbocycles. The topological polar surface area (TPSA) is 51.8 Å². The van der Waals surface area contributed by atoms with Gasteiger partial charge in [0.1, 0.15) is 5.15 Å². The van der Waals surface area contributed by atoms with Gasteiger partial charge in [-0.2, -0.15) is 0 Å². The second-order valence-corrected chi connectivity index (χ2v) is 5.42. The van der Waals surface area contributed by atoms with Gasteiger partial charge in [-0.05, 0) is 19.3 Å². The average molecular weight is 284 g/mol. The maximum absolute atomic E-state index is 6.20. The lowest BCUT2D eigenvalue weighted by atomic mass is 10.0. The van der Waals surface area contributed by atoms with E-state index in [0.717, 1.165) is 36.9 Å². The first-order valence-electron chi connectivity index (χ1n) is 7.49. The summed E-state index contributed by atoms with van der Waals surface area (Å²) in [7, 11) is 0. The van der Waals surface area contributed by atoms with Crippen molar-refractivity contribution in [2.24, 2.45) is 0 Å². The number of unbranched alkanes of at least 4 members (excludes halogenated alkanes) is 5. The molecule has 0 unspecified atom stereocenters. The summed E-state index contributed by atoms with van der Waals surface area (Å²) in [5.41, 5.74) is 7.80. The highest BCUT2D eigenvalue weighted by Gasteiger charge is 2.11. The number of anilines is 1. The van der Waals surface area contributed by atoms with Crippen LogP contribution in [0.5, 0.6) is 0 Å². The van der Waals surface area contributed by atoms with Crippen LogP contribution in [0.4, 0.5) is 5.95 Å². The SMILES string of the molecule is CCCCCCCCc1c(Cl)nc(N)nc1CCC. The summed E-state index contributed by atoms with van der Waals surface area (Å²) in [6.07, 6.45) is 10.6. The Balaban J connectivity index is 2.51. The van der Waals surface area contributed by atoms with Gasteiger partial charge in [0.25, 0.3) is 0 Å². The third-order valence-electron chi connectivity index (χ3n) is 3.33. The monoisotopic (exact) mass is 283 g/mol. The molecular formula is C15H26ClN3. The molecule has 0 radical (unpaired) electrons. The maximum Gasteiger partial charge on any atom is 0.221 e. The van der Waals surface area contributed by atoms with Crippen LogP contribution in [0.2, 0.25) is 5.15 Å². The summed E-state index contributed by atoms with van der Waals surface area (Å²) >= 11 is 6.20. The van der Waals surface area contributed by atoms with Gasteiger partial charge in [-0.15, -0.1) is 0 Å². The van der Waals surface area contributed by atoms with E-state index in [-0.39, 0.29) is 0 Å². The Hall–Kier alpha value is -0.830. The largest absolute Gasteiger partial charge is 0.368 e. The van der Waals surface area contributed by atoms with Crippen LogP contribution in [0.3, 0.4) is 0 Å². The number of hydrogen-bond acceptors (Lipinski definition) is 3. The van der Waals surface area contributed by atoms with Gasteiger partial charge in [-0.25, -0.2) is 9.97 Å². The molecule has 3 nitrogen and oxygen atoms in total. The van der Waals surface area contributed by atoms with Crippen molar-refractivity contribution in [2.75, 3.05) is 5.73 Å². The van der Waals surface area contributed by atoms with Crippen LogP contribution in [-0.4, -0.2) is 9.97 Å². The van der Waals surface area contributed by atoms with Gasteiger partial charge in [-0.3, -0.25) is 0 Å². The molecule has 0 aromatic carbocycles. The smallest absolute Gasteiger partial charge is 0.221 e. The molecule has 0 saturated heterocycles. The summed E-state index contributed by atoms with van der Waals surface area (Å²) in [4.78, 5) is 8.41. The van der Waals surface area contributed by atoms with Crippen molar-refractivity contribution in [1.82, 2.24) is 9.97 Å². The molecule has 19 heavy (non-hydrogen) atoms. The summed E-state index contributed by atoms with van der Waals surface area (Å²) in [6, 6.07) is 0. The third-order valence-corrected chi connectivity index (χ3v) is 3.64. The molecule has 0 aliphatic rings. The molecule has 1 aromatic heterocycles. The number of nitrogen functional groups attached to an aromatic ring is 1. The van der Waals surface area contributed by atoms with Gasteiger partial charge in [-0.1, -0.05) is 64.0 Å². The first-order chi connectivity index (χ1) is 9.19. The Morgan fingerprint density at radius 3 is 2.26 bits per heavy atom. The fourth-order valence-electron chi connectivity index (χ4n) is 2.29. The molecule has 4 heteroatoms. The van der Waals surface area contributed by atoms with E-state index < -0.39 is 0 Å². The lowest BCUT2D eigenvalue weighted by Gasteiger charge is -2.10. The number of hydrogen-bond donors (Lipinski definition) is 1. The third kappa shape index (κ3) is 5.77. The highest BCUT2D eigenvalue weighted by atomic mass is 35.5. The van der Waals surface area contributed by atoms with Crippen LogP contribution in [0.1, 0.15) is 70.1 Å². The lowest BCUT2D eigenvalue weighted by molar-refractivity contribution is 0.605. The van der Waals surface area contributed by atoms with Crippen molar-refractivity contribution in [3.05, 3.63) is 16.4 Å². The molecule has 1 heterocycles. The highest BCUT2D eigenvalue weighted by molar-refractivity contribution is 6.30. The fraction of sp³-hybridized carbons (Fsp3) is 0.733.